The minimum atomic E-state index is -0.702. The first kappa shape index (κ1) is 13.3. The molecule has 0 aliphatic heterocycles. The van der Waals surface area contributed by atoms with Crippen LogP contribution in [-0.2, 0) is 0 Å². The lowest BCUT2D eigenvalue weighted by Crippen LogP contribution is -2.64. The van der Waals surface area contributed by atoms with Crippen molar-refractivity contribution in [1.29, 1.82) is 0 Å². The van der Waals surface area contributed by atoms with Crippen LogP contribution in [0.1, 0.15) is 77.0 Å². The van der Waals surface area contributed by atoms with Crippen molar-refractivity contribution in [1.82, 2.24) is 0 Å². The Morgan fingerprint density at radius 3 is 1.71 bits per heavy atom. The molecule has 0 spiro atoms. The molecule has 3 rings (SSSR count). The Bertz CT molecular complexity index is 219. The Balaban J connectivity index is 1.33. The minimum Gasteiger partial charge on any atom is -0.396 e. The van der Waals surface area contributed by atoms with Crippen molar-refractivity contribution in [2.24, 2.45) is 5.41 Å². The van der Waals surface area contributed by atoms with Gasteiger partial charge in [-0.25, -0.2) is 4.39 Å². The summed E-state index contributed by atoms with van der Waals surface area (Å²) in [5, 5.41) is 8.64. The van der Waals surface area contributed by atoms with E-state index < -0.39 is 5.67 Å². The molecule has 0 amide bonds. The molecule has 0 atom stereocenters. The molecule has 17 heavy (non-hydrogen) atoms. The monoisotopic (exact) mass is 242 g/mol. The first-order valence-corrected chi connectivity index (χ1v) is 7.48. The van der Waals surface area contributed by atoms with Gasteiger partial charge in [0.05, 0.1) is 0 Å². The van der Waals surface area contributed by atoms with Crippen molar-refractivity contribution in [2.45, 2.75) is 82.7 Å². The molecule has 3 fully saturated rings. The maximum atomic E-state index is 13.3. The average molecular weight is 242 g/mol. The third-order valence-electron chi connectivity index (χ3n) is 4.69. The van der Waals surface area contributed by atoms with Gasteiger partial charge >= 0.3 is 0 Å². The van der Waals surface area contributed by atoms with Crippen LogP contribution in [-0.4, -0.2) is 17.4 Å². The van der Waals surface area contributed by atoms with E-state index >= 15 is 0 Å². The lowest BCUT2D eigenvalue weighted by Gasteiger charge is -2.66. The van der Waals surface area contributed by atoms with E-state index in [1.54, 1.807) is 0 Å². The van der Waals surface area contributed by atoms with Crippen molar-refractivity contribution in [3.8, 4) is 0 Å². The molecule has 0 aromatic carbocycles. The van der Waals surface area contributed by atoms with Crippen molar-refractivity contribution in [2.75, 3.05) is 6.61 Å². The highest BCUT2D eigenvalue weighted by atomic mass is 19.1. The van der Waals surface area contributed by atoms with Gasteiger partial charge in [-0.3, -0.25) is 0 Å². The maximum Gasteiger partial charge on any atom is 0.112 e. The van der Waals surface area contributed by atoms with Gasteiger partial charge in [-0.15, -0.1) is 0 Å². The van der Waals surface area contributed by atoms with E-state index in [0.29, 0.717) is 12.0 Å². The lowest BCUT2D eigenvalue weighted by molar-refractivity contribution is -0.217. The number of unbranched alkanes of at least 4 members (excludes halogenated alkanes) is 7. The smallest absolute Gasteiger partial charge is 0.112 e. The Kier molecular flexibility index (Phi) is 4.46. The van der Waals surface area contributed by atoms with E-state index in [4.69, 9.17) is 5.11 Å². The molecule has 100 valence electrons. The molecule has 0 heterocycles. The molecule has 1 N–H and O–H groups in total. The second-order valence-electron chi connectivity index (χ2n) is 6.48. The van der Waals surface area contributed by atoms with Crippen LogP contribution in [0, 0.1) is 5.41 Å². The number of aliphatic hydroxyl groups excluding tert-OH is 1. The van der Waals surface area contributed by atoms with Crippen LogP contribution < -0.4 is 0 Å². The standard InChI is InChI=1S/C15H27FO/c16-15-11-14(12-15,13-15)9-7-5-3-1-2-4-6-8-10-17/h17H,1-13H2. The summed E-state index contributed by atoms with van der Waals surface area (Å²) >= 11 is 0. The fourth-order valence-corrected chi connectivity index (χ4v) is 3.80. The molecular formula is C15H27FO. The number of rotatable bonds is 10. The van der Waals surface area contributed by atoms with Gasteiger partial charge in [0, 0.05) is 6.61 Å². The fourth-order valence-electron chi connectivity index (χ4n) is 3.80. The van der Waals surface area contributed by atoms with Gasteiger partial charge in [0.25, 0.3) is 0 Å². The van der Waals surface area contributed by atoms with Gasteiger partial charge in [0.15, 0.2) is 0 Å². The summed E-state index contributed by atoms with van der Waals surface area (Å²) in [6.45, 7) is 0.345. The van der Waals surface area contributed by atoms with Crippen LogP contribution in [0.3, 0.4) is 0 Å². The molecule has 2 heteroatoms. The van der Waals surface area contributed by atoms with Crippen molar-refractivity contribution < 1.29 is 9.50 Å². The molecule has 3 aliphatic carbocycles. The number of aliphatic hydroxyl groups is 1. The first-order valence-electron chi connectivity index (χ1n) is 7.48. The Hall–Kier alpha value is -0.110. The Morgan fingerprint density at radius 2 is 1.24 bits per heavy atom. The van der Waals surface area contributed by atoms with E-state index in [-0.39, 0.29) is 0 Å². The van der Waals surface area contributed by atoms with Crippen LogP contribution in [0.5, 0.6) is 0 Å². The van der Waals surface area contributed by atoms with Gasteiger partial charge in [0.1, 0.15) is 5.67 Å². The normalized spacial score (nSPS) is 34.2. The predicted molar refractivity (Wildman–Crippen MR) is 68.8 cm³/mol. The molecule has 1 nitrogen and oxygen atoms in total. The van der Waals surface area contributed by atoms with Crippen LogP contribution in [0.2, 0.25) is 0 Å². The Labute approximate surface area is 105 Å². The number of alkyl halides is 1. The van der Waals surface area contributed by atoms with Gasteiger partial charge < -0.3 is 5.11 Å². The van der Waals surface area contributed by atoms with Crippen LogP contribution in [0.25, 0.3) is 0 Å². The quantitative estimate of drug-likeness (QED) is 0.564. The SMILES string of the molecule is OCCCCCCCCCCC12CC(F)(C1)C2. The summed E-state index contributed by atoms with van der Waals surface area (Å²) in [4.78, 5) is 0. The van der Waals surface area contributed by atoms with Gasteiger partial charge in [-0.1, -0.05) is 44.9 Å². The topological polar surface area (TPSA) is 20.2 Å². The maximum absolute atomic E-state index is 13.3. The summed E-state index contributed by atoms with van der Waals surface area (Å²) in [7, 11) is 0. The average Bonchev–Trinajstić information content (AvgIpc) is 2.22. The molecule has 0 radical (unpaired) electrons. The fraction of sp³-hybridized carbons (Fsp3) is 1.00. The first-order chi connectivity index (χ1) is 8.18. The largest absolute Gasteiger partial charge is 0.396 e. The molecule has 2 bridgehead atoms. The molecule has 3 aliphatic rings. The zero-order chi connectivity index (χ0) is 12.2. The van der Waals surface area contributed by atoms with E-state index in [1.807, 2.05) is 0 Å². The Morgan fingerprint density at radius 1 is 0.765 bits per heavy atom. The second kappa shape index (κ2) is 5.69. The summed E-state index contributed by atoms with van der Waals surface area (Å²) < 4.78 is 13.3. The van der Waals surface area contributed by atoms with Crippen molar-refractivity contribution in [3.63, 3.8) is 0 Å². The highest BCUT2D eigenvalue weighted by Crippen LogP contribution is 2.71. The summed E-state index contributed by atoms with van der Waals surface area (Å²) in [6.07, 6.45) is 14.0. The van der Waals surface area contributed by atoms with Crippen LogP contribution >= 0.6 is 0 Å². The number of hydrogen-bond acceptors (Lipinski definition) is 1. The lowest BCUT2D eigenvalue weighted by atomic mass is 9.41. The van der Waals surface area contributed by atoms with E-state index in [1.165, 1.54) is 51.4 Å². The molecule has 0 saturated heterocycles. The molecule has 3 saturated carbocycles. The van der Waals surface area contributed by atoms with E-state index in [2.05, 4.69) is 0 Å². The molecule has 0 aromatic rings. The number of halogens is 1. The zero-order valence-electron chi connectivity index (χ0n) is 11.0. The zero-order valence-corrected chi connectivity index (χ0v) is 11.0. The summed E-state index contributed by atoms with van der Waals surface area (Å²) in [5.41, 5.74) is -0.234. The van der Waals surface area contributed by atoms with Crippen LogP contribution in [0.4, 0.5) is 4.39 Å². The third kappa shape index (κ3) is 3.43. The minimum absolute atomic E-state index is 0.345. The highest BCUT2D eigenvalue weighted by molar-refractivity contribution is 5.18. The number of hydrogen-bond donors (Lipinski definition) is 1. The van der Waals surface area contributed by atoms with Gasteiger partial charge in [-0.05, 0) is 37.5 Å². The molecular weight excluding hydrogens is 215 g/mol. The predicted octanol–water partition coefficient (Wildman–Crippen LogP) is 4.38. The van der Waals surface area contributed by atoms with Gasteiger partial charge in [0.2, 0.25) is 0 Å². The van der Waals surface area contributed by atoms with E-state index in [9.17, 15) is 4.39 Å². The van der Waals surface area contributed by atoms with Crippen molar-refractivity contribution >= 4 is 0 Å². The second-order valence-corrected chi connectivity index (χ2v) is 6.48. The summed E-state index contributed by atoms with van der Waals surface area (Å²) in [5.74, 6) is 0. The molecule has 0 aromatic heterocycles. The van der Waals surface area contributed by atoms with E-state index in [0.717, 1.165) is 25.7 Å². The van der Waals surface area contributed by atoms with Crippen LogP contribution in [0.15, 0.2) is 0 Å². The summed E-state index contributed by atoms with van der Waals surface area (Å²) in [6, 6.07) is 0. The third-order valence-corrected chi connectivity index (χ3v) is 4.69. The van der Waals surface area contributed by atoms with Crippen molar-refractivity contribution in [3.05, 3.63) is 0 Å². The van der Waals surface area contributed by atoms with Gasteiger partial charge in [-0.2, -0.15) is 0 Å². The highest BCUT2D eigenvalue weighted by Gasteiger charge is 2.68. The molecule has 0 unspecified atom stereocenters.